The number of carbonyl (C=O) groups is 2. The van der Waals surface area contributed by atoms with Crippen molar-refractivity contribution in [1.82, 2.24) is 0 Å². The van der Waals surface area contributed by atoms with Gasteiger partial charge in [-0.25, -0.2) is 4.79 Å². The molecule has 0 aliphatic heterocycles. The lowest BCUT2D eigenvalue weighted by molar-refractivity contribution is -0.167. The van der Waals surface area contributed by atoms with E-state index in [2.05, 4.69) is 4.74 Å². The number of aliphatic hydroxyl groups is 1. The van der Waals surface area contributed by atoms with E-state index in [4.69, 9.17) is 14.6 Å². The topological polar surface area (TPSA) is 82.1 Å². The van der Waals surface area contributed by atoms with Crippen molar-refractivity contribution < 1.29 is 28.9 Å². The molecule has 94 valence electrons. The zero-order valence-electron chi connectivity index (χ0n) is 9.60. The van der Waals surface area contributed by atoms with Crippen LogP contribution in [-0.4, -0.2) is 50.1 Å². The molecule has 0 radical (unpaired) electrons. The highest BCUT2D eigenvalue weighted by Gasteiger charge is 2.18. The SMILES string of the molecule is COCCC(=O)OC(C)C(=O)OCCCO. The van der Waals surface area contributed by atoms with E-state index in [0.717, 1.165) is 0 Å². The number of ether oxygens (including phenoxy) is 3. The number of hydrogen-bond acceptors (Lipinski definition) is 6. The molecule has 1 unspecified atom stereocenters. The molecule has 0 fully saturated rings. The zero-order valence-corrected chi connectivity index (χ0v) is 9.60. The highest BCUT2D eigenvalue weighted by atomic mass is 16.6. The van der Waals surface area contributed by atoms with E-state index in [-0.39, 0.29) is 26.2 Å². The van der Waals surface area contributed by atoms with Crippen LogP contribution in [0.3, 0.4) is 0 Å². The van der Waals surface area contributed by atoms with Crippen molar-refractivity contribution in [3.63, 3.8) is 0 Å². The molecule has 0 aromatic heterocycles. The second-order valence-corrected chi connectivity index (χ2v) is 3.12. The minimum absolute atomic E-state index is 0.0463. The van der Waals surface area contributed by atoms with Crippen molar-refractivity contribution in [3.05, 3.63) is 0 Å². The summed E-state index contributed by atoms with van der Waals surface area (Å²) in [6, 6.07) is 0. The lowest BCUT2D eigenvalue weighted by atomic mass is 10.4. The number of esters is 2. The lowest BCUT2D eigenvalue weighted by Crippen LogP contribution is -2.27. The summed E-state index contributed by atoms with van der Waals surface area (Å²) in [6.45, 7) is 1.77. The normalized spacial score (nSPS) is 11.9. The molecule has 6 heteroatoms. The number of aliphatic hydroxyl groups excluding tert-OH is 1. The quantitative estimate of drug-likeness (QED) is 0.466. The molecule has 0 heterocycles. The average molecular weight is 234 g/mol. The van der Waals surface area contributed by atoms with Gasteiger partial charge < -0.3 is 19.3 Å². The molecule has 0 aliphatic carbocycles. The predicted molar refractivity (Wildman–Crippen MR) is 54.7 cm³/mol. The van der Waals surface area contributed by atoms with Crippen LogP contribution in [0.4, 0.5) is 0 Å². The minimum atomic E-state index is -0.928. The fraction of sp³-hybridized carbons (Fsp3) is 0.800. The van der Waals surface area contributed by atoms with Crippen LogP contribution < -0.4 is 0 Å². The van der Waals surface area contributed by atoms with Crippen molar-refractivity contribution in [2.75, 3.05) is 26.9 Å². The highest BCUT2D eigenvalue weighted by Crippen LogP contribution is 1.98. The van der Waals surface area contributed by atoms with Crippen molar-refractivity contribution in [1.29, 1.82) is 0 Å². The van der Waals surface area contributed by atoms with Crippen LogP contribution in [-0.2, 0) is 23.8 Å². The van der Waals surface area contributed by atoms with E-state index in [1.54, 1.807) is 0 Å². The number of carbonyl (C=O) groups excluding carboxylic acids is 2. The van der Waals surface area contributed by atoms with Crippen molar-refractivity contribution in [2.45, 2.75) is 25.9 Å². The monoisotopic (exact) mass is 234 g/mol. The van der Waals surface area contributed by atoms with Crippen molar-refractivity contribution in [2.24, 2.45) is 0 Å². The first-order valence-electron chi connectivity index (χ1n) is 5.07. The van der Waals surface area contributed by atoms with E-state index in [1.165, 1.54) is 14.0 Å². The summed E-state index contributed by atoms with van der Waals surface area (Å²) in [5, 5.41) is 8.47. The summed E-state index contributed by atoms with van der Waals surface area (Å²) in [7, 11) is 1.47. The summed E-state index contributed by atoms with van der Waals surface area (Å²) in [5.41, 5.74) is 0. The van der Waals surface area contributed by atoms with Gasteiger partial charge in [-0.2, -0.15) is 0 Å². The first-order chi connectivity index (χ1) is 7.61. The summed E-state index contributed by atoms with van der Waals surface area (Å²) >= 11 is 0. The highest BCUT2D eigenvalue weighted by molar-refractivity contribution is 5.79. The van der Waals surface area contributed by atoms with Crippen LogP contribution in [0.25, 0.3) is 0 Å². The van der Waals surface area contributed by atoms with Crippen LogP contribution >= 0.6 is 0 Å². The minimum Gasteiger partial charge on any atom is -0.463 e. The Kier molecular flexibility index (Phi) is 8.46. The van der Waals surface area contributed by atoms with E-state index in [1.807, 2.05) is 0 Å². The fourth-order valence-electron chi connectivity index (χ4n) is 0.844. The van der Waals surface area contributed by atoms with Gasteiger partial charge in [0.15, 0.2) is 6.10 Å². The van der Waals surface area contributed by atoms with Gasteiger partial charge in [0.2, 0.25) is 0 Å². The second kappa shape index (κ2) is 9.11. The Bertz CT molecular complexity index is 215. The van der Waals surface area contributed by atoms with Gasteiger partial charge in [0.1, 0.15) is 0 Å². The molecule has 0 amide bonds. The van der Waals surface area contributed by atoms with Crippen molar-refractivity contribution >= 4 is 11.9 Å². The first kappa shape index (κ1) is 14.9. The molecule has 0 aromatic carbocycles. The average Bonchev–Trinajstić information content (AvgIpc) is 2.26. The first-order valence-corrected chi connectivity index (χ1v) is 5.07. The molecule has 6 nitrogen and oxygen atoms in total. The van der Waals surface area contributed by atoms with E-state index < -0.39 is 18.0 Å². The predicted octanol–water partition coefficient (Wildman–Crippen LogP) is -0.120. The molecule has 0 saturated heterocycles. The molecule has 0 spiro atoms. The largest absolute Gasteiger partial charge is 0.463 e. The van der Waals surface area contributed by atoms with Crippen LogP contribution in [0.2, 0.25) is 0 Å². The Morgan fingerprint density at radius 2 is 2.00 bits per heavy atom. The third-order valence-corrected chi connectivity index (χ3v) is 1.70. The summed E-state index contributed by atoms with van der Waals surface area (Å²) in [4.78, 5) is 22.3. The van der Waals surface area contributed by atoms with Crippen LogP contribution in [0.1, 0.15) is 19.8 Å². The molecule has 0 aliphatic rings. The van der Waals surface area contributed by atoms with Gasteiger partial charge in [0.25, 0.3) is 0 Å². The standard InChI is InChI=1S/C10H18O6/c1-8(10(13)15-6-3-5-11)16-9(12)4-7-14-2/h8,11H,3-7H2,1-2H3. The number of rotatable bonds is 8. The lowest BCUT2D eigenvalue weighted by Gasteiger charge is -2.12. The third kappa shape index (κ3) is 7.19. The summed E-state index contributed by atoms with van der Waals surface area (Å²) < 4.78 is 14.2. The molecular formula is C10H18O6. The van der Waals surface area contributed by atoms with Gasteiger partial charge in [-0.05, 0) is 6.92 Å². The van der Waals surface area contributed by atoms with E-state index in [0.29, 0.717) is 6.42 Å². The molecular weight excluding hydrogens is 216 g/mol. The number of methoxy groups -OCH3 is 1. The van der Waals surface area contributed by atoms with Gasteiger partial charge >= 0.3 is 11.9 Å². The van der Waals surface area contributed by atoms with E-state index >= 15 is 0 Å². The smallest absolute Gasteiger partial charge is 0.347 e. The Morgan fingerprint density at radius 1 is 1.31 bits per heavy atom. The molecule has 16 heavy (non-hydrogen) atoms. The second-order valence-electron chi connectivity index (χ2n) is 3.12. The maximum absolute atomic E-state index is 11.2. The van der Waals surface area contributed by atoms with Crippen LogP contribution in [0, 0.1) is 0 Å². The maximum atomic E-state index is 11.2. The Balaban J connectivity index is 3.73. The van der Waals surface area contributed by atoms with Gasteiger partial charge in [0.05, 0.1) is 19.6 Å². The molecule has 1 N–H and O–H groups in total. The molecule has 0 rings (SSSR count). The van der Waals surface area contributed by atoms with Crippen LogP contribution in [0.5, 0.6) is 0 Å². The van der Waals surface area contributed by atoms with Crippen molar-refractivity contribution in [3.8, 4) is 0 Å². The summed E-state index contributed by atoms with van der Waals surface area (Å²) in [6.07, 6.45) is -0.455. The molecule has 0 saturated carbocycles. The Labute approximate surface area is 94.5 Å². The van der Waals surface area contributed by atoms with Gasteiger partial charge in [0, 0.05) is 20.1 Å². The van der Waals surface area contributed by atoms with Gasteiger partial charge in [-0.3, -0.25) is 4.79 Å². The molecule has 1 atom stereocenters. The maximum Gasteiger partial charge on any atom is 0.347 e. The molecule has 0 bridgehead atoms. The van der Waals surface area contributed by atoms with E-state index in [9.17, 15) is 9.59 Å². The summed E-state index contributed by atoms with van der Waals surface area (Å²) in [5.74, 6) is -1.12. The Hall–Kier alpha value is -1.14. The number of hydrogen-bond donors (Lipinski definition) is 1. The third-order valence-electron chi connectivity index (χ3n) is 1.70. The fourth-order valence-corrected chi connectivity index (χ4v) is 0.844. The zero-order chi connectivity index (χ0) is 12.4. The molecule has 0 aromatic rings. The van der Waals surface area contributed by atoms with Gasteiger partial charge in [-0.15, -0.1) is 0 Å². The Morgan fingerprint density at radius 3 is 2.56 bits per heavy atom. The van der Waals surface area contributed by atoms with Gasteiger partial charge in [-0.1, -0.05) is 0 Å². The van der Waals surface area contributed by atoms with Crippen LogP contribution in [0.15, 0.2) is 0 Å².